The summed E-state index contributed by atoms with van der Waals surface area (Å²) in [6, 6.07) is 13.7. The van der Waals surface area contributed by atoms with E-state index in [2.05, 4.69) is 5.32 Å². The van der Waals surface area contributed by atoms with Crippen molar-refractivity contribution in [2.24, 2.45) is 0 Å². The Morgan fingerprint density at radius 3 is 2.41 bits per heavy atom. The molecule has 1 unspecified atom stereocenters. The Kier molecular flexibility index (Phi) is 6.44. The van der Waals surface area contributed by atoms with E-state index in [0.29, 0.717) is 25.1 Å². The number of aromatic carboxylic acids is 1. The number of rotatable bonds is 8. The van der Waals surface area contributed by atoms with Gasteiger partial charge in [-0.1, -0.05) is 12.1 Å². The molecule has 0 saturated carbocycles. The van der Waals surface area contributed by atoms with Crippen molar-refractivity contribution in [1.29, 1.82) is 0 Å². The number of nitrogens with one attached hydrogen (secondary N) is 1. The van der Waals surface area contributed by atoms with Gasteiger partial charge in [0.05, 0.1) is 11.7 Å². The highest BCUT2D eigenvalue weighted by molar-refractivity contribution is 5.94. The zero-order valence-electron chi connectivity index (χ0n) is 15.0. The van der Waals surface area contributed by atoms with E-state index in [-0.39, 0.29) is 17.6 Å². The van der Waals surface area contributed by atoms with E-state index in [1.165, 1.54) is 0 Å². The monoisotopic (exact) mass is 369 g/mol. The second-order valence-corrected chi connectivity index (χ2v) is 6.48. The summed E-state index contributed by atoms with van der Waals surface area (Å²) < 4.78 is 11.2. The van der Waals surface area contributed by atoms with Gasteiger partial charge in [-0.25, -0.2) is 4.79 Å². The molecule has 0 radical (unpaired) electrons. The van der Waals surface area contributed by atoms with Crippen molar-refractivity contribution >= 4 is 11.9 Å². The van der Waals surface area contributed by atoms with Crippen molar-refractivity contribution in [3.05, 3.63) is 65.2 Å². The van der Waals surface area contributed by atoms with Gasteiger partial charge in [0.2, 0.25) is 0 Å². The molecule has 3 rings (SSSR count). The largest absolute Gasteiger partial charge is 0.491 e. The van der Waals surface area contributed by atoms with Crippen molar-refractivity contribution in [1.82, 2.24) is 5.32 Å². The van der Waals surface area contributed by atoms with Crippen LogP contribution in [0, 0.1) is 0 Å². The maximum atomic E-state index is 12.2. The van der Waals surface area contributed by atoms with E-state index in [9.17, 15) is 9.59 Å². The van der Waals surface area contributed by atoms with Crippen LogP contribution in [0.25, 0.3) is 0 Å². The summed E-state index contributed by atoms with van der Waals surface area (Å²) >= 11 is 0. The third-order valence-electron chi connectivity index (χ3n) is 4.48. The van der Waals surface area contributed by atoms with Crippen LogP contribution in [0.15, 0.2) is 48.5 Å². The minimum atomic E-state index is -0.946. The summed E-state index contributed by atoms with van der Waals surface area (Å²) in [5.41, 5.74) is 1.79. The molecule has 2 N–H and O–H groups in total. The molecule has 1 heterocycles. The first kappa shape index (κ1) is 18.9. The van der Waals surface area contributed by atoms with Crippen LogP contribution < -0.4 is 10.1 Å². The molecule has 1 atom stereocenters. The van der Waals surface area contributed by atoms with Gasteiger partial charge in [0.15, 0.2) is 0 Å². The third-order valence-corrected chi connectivity index (χ3v) is 4.48. The molecule has 142 valence electrons. The van der Waals surface area contributed by atoms with Crippen LogP contribution in [-0.4, -0.2) is 42.8 Å². The van der Waals surface area contributed by atoms with Crippen molar-refractivity contribution in [3.63, 3.8) is 0 Å². The lowest BCUT2D eigenvalue weighted by Gasteiger charge is -2.12. The van der Waals surface area contributed by atoms with Crippen LogP contribution >= 0.6 is 0 Å². The molecule has 1 saturated heterocycles. The highest BCUT2D eigenvalue weighted by atomic mass is 16.5. The SMILES string of the molecule is O=C(O)c1ccc(CCNC(=O)c2ccc(OCC3CCCO3)cc2)cc1. The van der Waals surface area contributed by atoms with Crippen molar-refractivity contribution < 1.29 is 24.2 Å². The Labute approximate surface area is 158 Å². The predicted octanol–water partition coefficient (Wildman–Crippen LogP) is 2.92. The van der Waals surface area contributed by atoms with Gasteiger partial charge >= 0.3 is 5.97 Å². The van der Waals surface area contributed by atoms with E-state index < -0.39 is 5.97 Å². The Hall–Kier alpha value is -2.86. The molecular weight excluding hydrogens is 346 g/mol. The Bertz CT molecular complexity index is 764. The molecule has 6 heteroatoms. The van der Waals surface area contributed by atoms with Crippen molar-refractivity contribution in [2.45, 2.75) is 25.4 Å². The van der Waals surface area contributed by atoms with Crippen molar-refractivity contribution in [2.75, 3.05) is 19.8 Å². The van der Waals surface area contributed by atoms with Crippen molar-refractivity contribution in [3.8, 4) is 5.75 Å². The van der Waals surface area contributed by atoms with Gasteiger partial charge in [-0.05, 0) is 61.2 Å². The first-order valence-corrected chi connectivity index (χ1v) is 9.07. The average Bonchev–Trinajstić information content (AvgIpc) is 3.21. The maximum Gasteiger partial charge on any atom is 0.335 e. The number of benzene rings is 2. The molecule has 1 amide bonds. The highest BCUT2D eigenvalue weighted by Crippen LogP contribution is 2.16. The Morgan fingerprint density at radius 2 is 1.78 bits per heavy atom. The minimum Gasteiger partial charge on any atom is -0.491 e. The summed E-state index contributed by atoms with van der Waals surface area (Å²) in [5.74, 6) is -0.374. The number of carbonyl (C=O) groups excluding carboxylic acids is 1. The van der Waals surface area contributed by atoms with Gasteiger partial charge in [0.1, 0.15) is 12.4 Å². The summed E-state index contributed by atoms with van der Waals surface area (Å²) in [6.07, 6.45) is 2.91. The van der Waals surface area contributed by atoms with Crippen LogP contribution in [0.3, 0.4) is 0 Å². The fourth-order valence-corrected chi connectivity index (χ4v) is 2.90. The number of carboxylic acid groups (broad SMARTS) is 1. The molecule has 1 aliphatic rings. The summed E-state index contributed by atoms with van der Waals surface area (Å²) in [6.45, 7) is 1.81. The number of carboxylic acids is 1. The third kappa shape index (κ3) is 5.56. The lowest BCUT2D eigenvalue weighted by atomic mass is 10.1. The zero-order chi connectivity index (χ0) is 19.1. The fraction of sp³-hybridized carbons (Fsp3) is 0.333. The van der Waals surface area contributed by atoms with Crippen LogP contribution in [-0.2, 0) is 11.2 Å². The fourth-order valence-electron chi connectivity index (χ4n) is 2.90. The van der Waals surface area contributed by atoms with E-state index in [0.717, 1.165) is 30.8 Å². The molecular formula is C21H23NO5. The van der Waals surface area contributed by atoms with Gasteiger partial charge in [-0.2, -0.15) is 0 Å². The van der Waals surface area contributed by atoms with Gasteiger partial charge in [0, 0.05) is 18.7 Å². The van der Waals surface area contributed by atoms with Crippen LogP contribution in [0.5, 0.6) is 5.75 Å². The standard InChI is InChI=1S/C21H23NO5/c23-20(22-12-11-15-3-5-17(6-4-15)21(24)25)16-7-9-18(10-8-16)27-14-19-2-1-13-26-19/h3-10,19H,1-2,11-14H2,(H,22,23)(H,24,25). The molecule has 1 fully saturated rings. The van der Waals surface area contributed by atoms with E-state index in [4.69, 9.17) is 14.6 Å². The average molecular weight is 369 g/mol. The summed E-state index contributed by atoms with van der Waals surface area (Å²) in [4.78, 5) is 23.0. The quantitative estimate of drug-likeness (QED) is 0.747. The topological polar surface area (TPSA) is 84.9 Å². The first-order valence-electron chi connectivity index (χ1n) is 9.07. The lowest BCUT2D eigenvalue weighted by molar-refractivity contribution is 0.0679. The molecule has 0 spiro atoms. The Balaban J connectivity index is 1.42. The zero-order valence-corrected chi connectivity index (χ0v) is 15.0. The van der Waals surface area contributed by atoms with Crippen LogP contribution in [0.1, 0.15) is 39.1 Å². The minimum absolute atomic E-state index is 0.150. The molecule has 2 aromatic carbocycles. The number of carbonyl (C=O) groups is 2. The highest BCUT2D eigenvalue weighted by Gasteiger charge is 2.16. The molecule has 6 nitrogen and oxygen atoms in total. The second-order valence-electron chi connectivity index (χ2n) is 6.48. The lowest BCUT2D eigenvalue weighted by Crippen LogP contribution is -2.25. The van der Waals surface area contributed by atoms with Gasteiger partial charge in [-0.15, -0.1) is 0 Å². The number of hydrogen-bond donors (Lipinski definition) is 2. The Morgan fingerprint density at radius 1 is 1.07 bits per heavy atom. The molecule has 27 heavy (non-hydrogen) atoms. The normalized spacial score (nSPS) is 16.1. The van der Waals surface area contributed by atoms with E-state index in [1.807, 2.05) is 0 Å². The van der Waals surface area contributed by atoms with E-state index in [1.54, 1.807) is 48.5 Å². The molecule has 0 aliphatic carbocycles. The molecule has 0 bridgehead atoms. The molecule has 0 aromatic heterocycles. The molecule has 1 aliphatic heterocycles. The predicted molar refractivity (Wildman–Crippen MR) is 100 cm³/mol. The van der Waals surface area contributed by atoms with Gasteiger partial charge in [0.25, 0.3) is 5.91 Å². The molecule has 2 aromatic rings. The maximum absolute atomic E-state index is 12.2. The first-order chi connectivity index (χ1) is 13.1. The van der Waals surface area contributed by atoms with Gasteiger partial charge < -0.3 is 19.9 Å². The second kappa shape index (κ2) is 9.19. The summed E-state index contributed by atoms with van der Waals surface area (Å²) in [7, 11) is 0. The number of amides is 1. The van der Waals surface area contributed by atoms with E-state index >= 15 is 0 Å². The number of hydrogen-bond acceptors (Lipinski definition) is 4. The number of ether oxygens (including phenoxy) is 2. The summed E-state index contributed by atoms with van der Waals surface area (Å²) in [5, 5.41) is 11.8. The van der Waals surface area contributed by atoms with Gasteiger partial charge in [-0.3, -0.25) is 4.79 Å². The van der Waals surface area contributed by atoms with Crippen LogP contribution in [0.4, 0.5) is 0 Å². The van der Waals surface area contributed by atoms with Crippen LogP contribution in [0.2, 0.25) is 0 Å². The smallest absolute Gasteiger partial charge is 0.335 e.